The lowest BCUT2D eigenvalue weighted by molar-refractivity contribution is -0.143. The Balaban J connectivity index is 0.000000202. The smallest absolute Gasteiger partial charge is 0.240 e. The molecule has 6 fully saturated rings. The molecule has 6 aromatic rings. The molecule has 4 aromatic carbocycles. The van der Waals surface area contributed by atoms with Crippen molar-refractivity contribution < 1.29 is 74.1 Å². The summed E-state index contributed by atoms with van der Waals surface area (Å²) in [6, 6.07) is 27.5. The van der Waals surface area contributed by atoms with Crippen molar-refractivity contribution in [1.82, 2.24) is 29.2 Å². The quantitative estimate of drug-likeness (QED) is 0.0530. The van der Waals surface area contributed by atoms with Gasteiger partial charge >= 0.3 is 0 Å². The molecule has 24 nitrogen and oxygen atoms in total. The molecule has 4 aliphatic heterocycles. The van der Waals surface area contributed by atoms with Crippen molar-refractivity contribution in [3.8, 4) is 23.3 Å². The summed E-state index contributed by atoms with van der Waals surface area (Å²) in [5, 5.41) is 3.18. The fraction of sp³-hybridized carbons (Fsp3) is 0.533. The minimum atomic E-state index is -3.95. The summed E-state index contributed by atoms with van der Waals surface area (Å²) in [5.74, 6) is -2.91. The molecule has 4 aliphatic carbocycles. The molecule has 0 bridgehead atoms. The SMILES string of the molecule is COc1ccc2c(O[C@@H]3C[C@H]4C(=O)C[C@]5(C(=O)NS(=O)(=O)C6(C)CC6)C[C@H]5/C=C\CC[C@@H](C)C[C@@H](C)[C@H](CC(=O)c5ccc(N(C)C)cc5)C(=O)N4C3)nccc2c1.COc1ccc2c(O[C@@H]3C[C@H]4C(=O)C[C@]5(C(=O)NS(=O)(=O)C6(C)CC6)C[C@H]5/C=C\CC[C@H](C)C[C@@H](C)[C@H](CC(=O)c5ccc(N(C)C)cc5)C(=O)N4C3)nccc2c1. The lowest BCUT2D eigenvalue weighted by atomic mass is 9.80. The molecule has 2 aromatic heterocycles. The van der Waals surface area contributed by atoms with Crippen molar-refractivity contribution in [1.29, 1.82) is 0 Å². The number of pyridine rings is 2. The molecule has 620 valence electrons. The summed E-state index contributed by atoms with van der Waals surface area (Å²) in [7, 11) is 2.99. The number of nitrogens with one attached hydrogen (secondary N) is 2. The molecule has 8 aliphatic rings. The van der Waals surface area contributed by atoms with Crippen LogP contribution in [0.3, 0.4) is 0 Å². The van der Waals surface area contributed by atoms with Gasteiger partial charge in [0.15, 0.2) is 23.1 Å². The second-order valence-corrected chi connectivity index (χ2v) is 39.7. The van der Waals surface area contributed by atoms with Gasteiger partial charge in [0.1, 0.15) is 23.7 Å². The van der Waals surface area contributed by atoms with E-state index < -0.39 is 88.3 Å². The van der Waals surface area contributed by atoms with Gasteiger partial charge in [-0.2, -0.15) is 0 Å². The van der Waals surface area contributed by atoms with E-state index in [0.29, 0.717) is 85.8 Å². The van der Waals surface area contributed by atoms with Gasteiger partial charge in [0.2, 0.25) is 55.4 Å². The molecule has 4 amide bonds. The van der Waals surface area contributed by atoms with Crippen molar-refractivity contribution in [2.24, 2.45) is 58.2 Å². The predicted octanol–water partition coefficient (Wildman–Crippen LogP) is 13.0. The van der Waals surface area contributed by atoms with Gasteiger partial charge in [-0.05, 0) is 234 Å². The molecule has 14 rings (SSSR count). The Kier molecular flexibility index (Phi) is 24.6. The Morgan fingerprint density at radius 2 is 0.888 bits per heavy atom. The molecule has 116 heavy (non-hydrogen) atoms. The van der Waals surface area contributed by atoms with Crippen molar-refractivity contribution >= 4 is 99.7 Å². The van der Waals surface area contributed by atoms with Crippen LogP contribution in [0.25, 0.3) is 21.5 Å². The second-order valence-electron chi connectivity index (χ2n) is 35.4. The molecule has 2 N–H and O–H groups in total. The Labute approximate surface area is 681 Å². The first-order valence-electron chi connectivity index (χ1n) is 41.0. The second kappa shape index (κ2) is 33.8. The van der Waals surface area contributed by atoms with Crippen molar-refractivity contribution in [3.63, 3.8) is 0 Å². The third-order valence-corrected chi connectivity index (χ3v) is 30.6. The third kappa shape index (κ3) is 18.1. The first-order valence-corrected chi connectivity index (χ1v) is 44.0. The van der Waals surface area contributed by atoms with Gasteiger partial charge in [-0.3, -0.25) is 47.8 Å². The maximum atomic E-state index is 15.1. The number of amides is 4. The van der Waals surface area contributed by atoms with Crippen LogP contribution in [0.15, 0.2) is 134 Å². The van der Waals surface area contributed by atoms with Crippen LogP contribution in [-0.2, 0) is 48.8 Å². The number of ether oxygens (including phenoxy) is 4. The highest BCUT2D eigenvalue weighted by Crippen LogP contribution is 2.59. The number of anilines is 2. The number of sulfonamides is 2. The van der Waals surface area contributed by atoms with Crippen molar-refractivity contribution in [3.05, 3.63) is 145 Å². The summed E-state index contributed by atoms with van der Waals surface area (Å²) in [4.78, 5) is 132. The maximum Gasteiger partial charge on any atom is 0.240 e. The van der Waals surface area contributed by atoms with Crippen LogP contribution in [-0.4, -0.2) is 173 Å². The molecular weight excluding hydrogens is 1510 g/mol. The van der Waals surface area contributed by atoms with Crippen LogP contribution in [0.4, 0.5) is 11.4 Å². The van der Waals surface area contributed by atoms with E-state index in [0.717, 1.165) is 58.6 Å². The van der Waals surface area contributed by atoms with Crippen LogP contribution in [0.2, 0.25) is 0 Å². The van der Waals surface area contributed by atoms with E-state index in [2.05, 4.69) is 33.3 Å². The van der Waals surface area contributed by atoms with E-state index in [-0.39, 0.29) is 122 Å². The number of fused-ring (bicyclic) bond motifs is 6. The molecule has 6 heterocycles. The first kappa shape index (κ1) is 84.4. The normalized spacial score (nSPS) is 29.0. The zero-order valence-electron chi connectivity index (χ0n) is 68.8. The van der Waals surface area contributed by atoms with Crippen LogP contribution < -0.4 is 38.2 Å². The van der Waals surface area contributed by atoms with Gasteiger partial charge in [-0.25, -0.2) is 26.8 Å². The van der Waals surface area contributed by atoms with E-state index >= 15 is 9.59 Å². The molecule has 26 heteroatoms. The number of allylic oxidation sites excluding steroid dienone is 4. The standard InChI is InChI=1S/2C45H56N4O8S/c2*1-28-9-7-8-10-32-25-45(32,43(53)47-58(54,55)44(3)18-19-44)26-40(51)38-23-35(57-41-36-16-15-34(56-6)22-31(36)17-20-46-41)27-49(38)42(52)37(29(2)21-28)24-39(50)30-11-13-33(14-12-30)48(4)5/h2*8,10-17,20,22,28-29,32,35,37-38H,7,9,18-19,21,23-27H2,1-6H3,(H,47,53)/b2*10-8-/t28-,29+,32+,35+,37-,38-,45+;28-,29-,32-,35-,37+,38+,45-/m01/s1. The van der Waals surface area contributed by atoms with Crippen LogP contribution in [0, 0.1) is 58.2 Å². The van der Waals surface area contributed by atoms with Crippen LogP contribution in [0.1, 0.15) is 178 Å². The van der Waals surface area contributed by atoms with Gasteiger partial charge < -0.3 is 38.5 Å². The van der Waals surface area contributed by atoms with E-state index in [1.807, 2.05) is 149 Å². The number of hydrogen-bond acceptors (Lipinski definition) is 20. The number of ketones is 4. The Morgan fingerprint density at radius 1 is 0.517 bits per heavy atom. The zero-order valence-corrected chi connectivity index (χ0v) is 70.4. The summed E-state index contributed by atoms with van der Waals surface area (Å²) in [6.45, 7) is 11.7. The number of rotatable bonds is 20. The maximum absolute atomic E-state index is 15.1. The summed E-state index contributed by atoms with van der Waals surface area (Å²) < 4.78 is 79.7. The third-order valence-electron chi connectivity index (χ3n) is 26.2. The molecular formula is C90H112N8O16S2. The Bertz CT molecular complexity index is 4750. The molecule has 0 radical (unpaired) electrons. The number of carbonyl (C=O) groups excluding carboxylic acids is 8. The van der Waals surface area contributed by atoms with Gasteiger partial charge in [0.25, 0.3) is 0 Å². The van der Waals surface area contributed by atoms with Crippen molar-refractivity contribution in [2.45, 2.75) is 191 Å². The van der Waals surface area contributed by atoms with Gasteiger partial charge in [0, 0.05) is 124 Å². The average molecular weight is 1630 g/mol. The Morgan fingerprint density at radius 3 is 1.23 bits per heavy atom. The molecule has 0 spiro atoms. The van der Waals surface area contributed by atoms with Gasteiger partial charge in [-0.1, -0.05) is 52.0 Å². The number of methoxy groups -OCH3 is 2. The minimum Gasteiger partial charge on any atom is -0.497 e. The highest BCUT2D eigenvalue weighted by molar-refractivity contribution is 7.92. The highest BCUT2D eigenvalue weighted by Gasteiger charge is 2.65. The number of hydrogen-bond donors (Lipinski definition) is 2. The van der Waals surface area contributed by atoms with E-state index in [4.69, 9.17) is 18.9 Å². The summed E-state index contributed by atoms with van der Waals surface area (Å²) in [6.07, 6.45) is 16.8. The summed E-state index contributed by atoms with van der Waals surface area (Å²) >= 11 is 0. The lowest BCUT2D eigenvalue weighted by Gasteiger charge is -2.32. The van der Waals surface area contributed by atoms with Gasteiger partial charge in [-0.15, -0.1) is 0 Å². The first-order chi connectivity index (χ1) is 55.1. The highest BCUT2D eigenvalue weighted by atomic mass is 32.2. The topological polar surface area (TPSA) is 305 Å². The lowest BCUT2D eigenvalue weighted by Crippen LogP contribution is -2.48. The molecule has 2 saturated heterocycles. The van der Waals surface area contributed by atoms with Gasteiger partial charge in [0.05, 0.1) is 59.7 Å². The van der Waals surface area contributed by atoms with Crippen LogP contribution in [0.5, 0.6) is 23.3 Å². The van der Waals surface area contributed by atoms with E-state index in [1.165, 1.54) is 0 Å². The fourth-order valence-corrected chi connectivity index (χ4v) is 20.4. The number of carbonyl (C=O) groups is 8. The number of nitrogens with zero attached hydrogens (tertiary/aromatic N) is 6. The Hall–Kier alpha value is -9.56. The molecule has 4 saturated carbocycles. The van der Waals surface area contributed by atoms with E-state index in [9.17, 15) is 45.6 Å². The fourth-order valence-electron chi connectivity index (χ4n) is 17.7. The van der Waals surface area contributed by atoms with Crippen molar-refractivity contribution in [2.75, 3.05) is 65.3 Å². The van der Waals surface area contributed by atoms with E-state index in [1.54, 1.807) is 74.5 Å². The minimum absolute atomic E-state index is 0.0331. The number of aromatic nitrogens is 2. The number of benzene rings is 4. The predicted molar refractivity (Wildman–Crippen MR) is 444 cm³/mol. The average Bonchev–Trinajstić information content (AvgIpc) is 1.57. The summed E-state index contributed by atoms with van der Waals surface area (Å²) in [5.41, 5.74) is 0.399. The van der Waals surface area contributed by atoms with Crippen LogP contribution >= 0.6 is 0 Å². The zero-order chi connectivity index (χ0) is 83.1. The molecule has 14 atom stereocenters. The monoisotopic (exact) mass is 1620 g/mol. The largest absolute Gasteiger partial charge is 0.497 e. The molecule has 0 unspecified atom stereocenters. The number of Topliss-reactive ketones (excluding diaryl/α,β-unsaturated/α-hetero) is 4.